The van der Waals surface area contributed by atoms with Crippen LogP contribution in [0.2, 0.25) is 0 Å². The van der Waals surface area contributed by atoms with Gasteiger partial charge in [-0.1, -0.05) is 18.2 Å². The highest BCUT2D eigenvalue weighted by atomic mass is 16.5. The average molecular weight is 569 g/mol. The maximum Gasteiger partial charge on any atom is 0.258 e. The summed E-state index contributed by atoms with van der Waals surface area (Å²) in [7, 11) is 3.29. The second-order valence-corrected chi connectivity index (χ2v) is 10.1. The molecule has 11 nitrogen and oxygen atoms in total. The van der Waals surface area contributed by atoms with E-state index >= 15 is 0 Å². The van der Waals surface area contributed by atoms with E-state index in [1.807, 2.05) is 24.3 Å². The normalized spacial score (nSPS) is 18.1. The summed E-state index contributed by atoms with van der Waals surface area (Å²) in [5.41, 5.74) is 1.13. The minimum absolute atomic E-state index is 0.0000814. The Kier molecular flexibility index (Phi) is 11.8. The molecular weight excluding hydrogens is 528 g/mol. The SMILES string of the molecule is COc1ccccc1CCC(=O)N1CCCCN(C)C(=O)[C@H](C)NC(=O)COc2cc(O)cc(c2)C(=O)NCCC1. The summed E-state index contributed by atoms with van der Waals surface area (Å²) in [4.78, 5) is 54.4. The highest BCUT2D eigenvalue weighted by Crippen LogP contribution is 2.22. The van der Waals surface area contributed by atoms with Gasteiger partial charge in [0.1, 0.15) is 23.3 Å². The first-order chi connectivity index (χ1) is 19.7. The standard InChI is InChI=1S/C30H40N4O7/c1-21-30(39)33(2)14-6-7-15-34(28(37)12-11-22-9-4-5-10-26(22)40-3)16-8-13-31-29(38)23-17-24(35)19-25(18-23)41-20-27(36)32-21/h4-5,9-10,17-19,21,35H,6-8,11-16,20H2,1-3H3,(H,31,38)(H,32,36)/t21-/m0/s1. The number of ether oxygens (including phenoxy) is 2. The zero-order valence-corrected chi connectivity index (χ0v) is 24.0. The average Bonchev–Trinajstić information content (AvgIpc) is 2.96. The van der Waals surface area contributed by atoms with Gasteiger partial charge in [-0.15, -0.1) is 0 Å². The van der Waals surface area contributed by atoms with Crippen molar-refractivity contribution >= 4 is 23.6 Å². The predicted molar refractivity (Wildman–Crippen MR) is 153 cm³/mol. The molecule has 0 aromatic heterocycles. The number of phenols is 1. The molecular formula is C30H40N4O7. The number of aryl methyl sites for hydroxylation is 1. The summed E-state index contributed by atoms with van der Waals surface area (Å²) in [5, 5.41) is 15.5. The van der Waals surface area contributed by atoms with E-state index < -0.39 is 17.9 Å². The van der Waals surface area contributed by atoms with Crippen LogP contribution in [0.4, 0.5) is 0 Å². The molecule has 1 heterocycles. The third kappa shape index (κ3) is 9.70. The maximum atomic E-state index is 13.2. The number of para-hydroxylation sites is 1. The molecule has 3 N–H and O–H groups in total. The van der Waals surface area contributed by atoms with Crippen molar-refractivity contribution in [2.24, 2.45) is 0 Å². The number of aromatic hydroxyl groups is 1. The van der Waals surface area contributed by atoms with Crippen molar-refractivity contribution in [3.05, 3.63) is 53.6 Å². The molecule has 0 unspecified atom stereocenters. The fraction of sp³-hybridized carbons (Fsp3) is 0.467. The molecule has 0 spiro atoms. The van der Waals surface area contributed by atoms with Gasteiger partial charge in [-0.05, 0) is 56.4 Å². The summed E-state index contributed by atoms with van der Waals surface area (Å²) in [6.45, 7) is 2.98. The summed E-state index contributed by atoms with van der Waals surface area (Å²) in [6, 6.07) is 10.9. The van der Waals surface area contributed by atoms with E-state index in [-0.39, 0.29) is 35.5 Å². The number of hydrogen-bond acceptors (Lipinski definition) is 7. The first-order valence-electron chi connectivity index (χ1n) is 13.9. The lowest BCUT2D eigenvalue weighted by molar-refractivity contribution is -0.135. The zero-order valence-electron chi connectivity index (χ0n) is 24.0. The van der Waals surface area contributed by atoms with E-state index in [9.17, 15) is 24.3 Å². The number of carbonyl (C=O) groups is 4. The topological polar surface area (TPSA) is 138 Å². The number of carbonyl (C=O) groups excluding carboxylic acids is 4. The number of hydrogen-bond donors (Lipinski definition) is 3. The van der Waals surface area contributed by atoms with Gasteiger partial charge in [0, 0.05) is 51.3 Å². The van der Waals surface area contributed by atoms with Gasteiger partial charge in [0.05, 0.1) is 7.11 Å². The number of phenolic OH excluding ortho intramolecular Hbond substituents is 1. The van der Waals surface area contributed by atoms with Gasteiger partial charge in [0.15, 0.2) is 6.61 Å². The molecule has 1 atom stereocenters. The Hall–Kier alpha value is -4.28. The molecule has 3 rings (SSSR count). The number of nitrogens with one attached hydrogen (secondary N) is 2. The van der Waals surface area contributed by atoms with Crippen LogP contribution in [0, 0.1) is 0 Å². The lowest BCUT2D eigenvalue weighted by Crippen LogP contribution is -2.47. The van der Waals surface area contributed by atoms with Crippen molar-refractivity contribution < 1.29 is 33.8 Å². The first-order valence-corrected chi connectivity index (χ1v) is 13.9. The van der Waals surface area contributed by atoms with Crippen LogP contribution < -0.4 is 20.1 Å². The van der Waals surface area contributed by atoms with Gasteiger partial charge in [-0.3, -0.25) is 19.2 Å². The van der Waals surface area contributed by atoms with Crippen molar-refractivity contribution in [3.63, 3.8) is 0 Å². The van der Waals surface area contributed by atoms with Crippen LogP contribution in [-0.2, 0) is 20.8 Å². The molecule has 0 fully saturated rings. The maximum absolute atomic E-state index is 13.2. The van der Waals surface area contributed by atoms with Gasteiger partial charge in [0.2, 0.25) is 11.8 Å². The Morgan fingerprint density at radius 2 is 1.80 bits per heavy atom. The molecule has 41 heavy (non-hydrogen) atoms. The lowest BCUT2D eigenvalue weighted by atomic mass is 10.1. The number of fused-ring (bicyclic) bond motifs is 2. The highest BCUT2D eigenvalue weighted by molar-refractivity contribution is 5.95. The van der Waals surface area contributed by atoms with Crippen LogP contribution >= 0.6 is 0 Å². The fourth-order valence-corrected chi connectivity index (χ4v) is 4.63. The third-order valence-electron chi connectivity index (χ3n) is 6.86. The van der Waals surface area contributed by atoms with Crippen molar-refractivity contribution in [1.82, 2.24) is 20.4 Å². The van der Waals surface area contributed by atoms with Crippen molar-refractivity contribution in [3.8, 4) is 17.2 Å². The Morgan fingerprint density at radius 3 is 2.59 bits per heavy atom. The quantitative estimate of drug-likeness (QED) is 0.514. The number of likely N-dealkylation sites (N-methyl/N-ethyl adjacent to an activating group) is 1. The number of rotatable bonds is 4. The molecule has 1 aliphatic heterocycles. The van der Waals surface area contributed by atoms with Gasteiger partial charge in [0.25, 0.3) is 11.8 Å². The second kappa shape index (κ2) is 15.5. The van der Waals surface area contributed by atoms with Crippen LogP contribution in [0.25, 0.3) is 0 Å². The predicted octanol–water partition coefficient (Wildman–Crippen LogP) is 2.12. The Bertz CT molecular complexity index is 1220. The lowest BCUT2D eigenvalue weighted by Gasteiger charge is -2.25. The second-order valence-electron chi connectivity index (χ2n) is 10.1. The fourth-order valence-electron chi connectivity index (χ4n) is 4.63. The Morgan fingerprint density at radius 1 is 1.07 bits per heavy atom. The molecule has 0 saturated carbocycles. The minimum atomic E-state index is -0.764. The van der Waals surface area contributed by atoms with Crippen LogP contribution in [0.5, 0.6) is 17.2 Å². The van der Waals surface area contributed by atoms with Crippen LogP contribution in [-0.4, -0.2) is 91.5 Å². The van der Waals surface area contributed by atoms with Crippen LogP contribution in [0.3, 0.4) is 0 Å². The van der Waals surface area contributed by atoms with Gasteiger partial charge < -0.3 is 35.0 Å². The molecule has 1 aliphatic rings. The van der Waals surface area contributed by atoms with Crippen LogP contribution in [0.1, 0.15) is 48.5 Å². The molecule has 0 radical (unpaired) electrons. The van der Waals surface area contributed by atoms with Crippen molar-refractivity contribution in [2.75, 3.05) is 46.9 Å². The van der Waals surface area contributed by atoms with E-state index in [0.717, 1.165) is 11.3 Å². The van der Waals surface area contributed by atoms with E-state index in [2.05, 4.69) is 10.6 Å². The van der Waals surface area contributed by atoms with Crippen molar-refractivity contribution in [1.29, 1.82) is 0 Å². The molecule has 222 valence electrons. The number of benzene rings is 2. The van der Waals surface area contributed by atoms with E-state index in [0.29, 0.717) is 58.3 Å². The molecule has 4 amide bonds. The Balaban J connectivity index is 1.70. The van der Waals surface area contributed by atoms with E-state index in [1.165, 1.54) is 18.2 Å². The van der Waals surface area contributed by atoms with Gasteiger partial charge >= 0.3 is 0 Å². The molecule has 11 heteroatoms. The highest BCUT2D eigenvalue weighted by Gasteiger charge is 2.21. The smallest absolute Gasteiger partial charge is 0.258 e. The summed E-state index contributed by atoms with van der Waals surface area (Å²) < 4.78 is 10.9. The molecule has 0 saturated heterocycles. The zero-order chi connectivity index (χ0) is 29.8. The number of nitrogens with zero attached hydrogens (tertiary/aromatic N) is 2. The summed E-state index contributed by atoms with van der Waals surface area (Å²) in [5.74, 6) is -0.470. The minimum Gasteiger partial charge on any atom is -0.508 e. The monoisotopic (exact) mass is 568 g/mol. The third-order valence-corrected chi connectivity index (χ3v) is 6.86. The van der Waals surface area contributed by atoms with Gasteiger partial charge in [-0.2, -0.15) is 0 Å². The first kappa shape index (κ1) is 31.3. The van der Waals surface area contributed by atoms with Gasteiger partial charge in [-0.25, -0.2) is 0 Å². The van der Waals surface area contributed by atoms with Crippen LogP contribution in [0.15, 0.2) is 42.5 Å². The molecule has 2 bridgehead atoms. The summed E-state index contributed by atoms with van der Waals surface area (Å²) in [6.07, 6.45) is 2.75. The molecule has 2 aromatic carbocycles. The van der Waals surface area contributed by atoms with Crippen molar-refractivity contribution in [2.45, 2.75) is 45.1 Å². The van der Waals surface area contributed by atoms with E-state index in [4.69, 9.17) is 9.47 Å². The molecule has 0 aliphatic carbocycles. The number of methoxy groups -OCH3 is 1. The van der Waals surface area contributed by atoms with E-state index in [1.54, 1.807) is 30.9 Å². The molecule has 2 aromatic rings. The largest absolute Gasteiger partial charge is 0.508 e. The Labute approximate surface area is 240 Å². The number of amides is 4. The summed E-state index contributed by atoms with van der Waals surface area (Å²) >= 11 is 0.